The van der Waals surface area contributed by atoms with E-state index in [0.29, 0.717) is 12.6 Å². The van der Waals surface area contributed by atoms with Crippen molar-refractivity contribution >= 4 is 15.7 Å². The second-order valence-corrected chi connectivity index (χ2v) is 6.83. The number of methoxy groups -OCH3 is 1. The van der Waals surface area contributed by atoms with Crippen LogP contribution in [0.5, 0.6) is 0 Å². The maximum Gasteiger partial charge on any atom is 0.238 e. The molecule has 1 aromatic carbocycles. The van der Waals surface area contributed by atoms with Crippen LogP contribution in [0.15, 0.2) is 29.2 Å². The second-order valence-electron chi connectivity index (χ2n) is 5.27. The lowest BCUT2D eigenvalue weighted by Crippen LogP contribution is -2.39. The monoisotopic (exact) mass is 313 g/mol. The van der Waals surface area contributed by atoms with Crippen molar-refractivity contribution in [2.45, 2.75) is 23.8 Å². The smallest absolute Gasteiger partial charge is 0.238 e. The van der Waals surface area contributed by atoms with Crippen molar-refractivity contribution in [1.82, 2.24) is 5.32 Å². The lowest BCUT2D eigenvalue weighted by molar-refractivity contribution is 0.204. The van der Waals surface area contributed by atoms with Crippen LogP contribution in [0.25, 0.3) is 0 Å². The fraction of sp³-hybridized carbons (Fsp3) is 0.571. The molecule has 1 saturated heterocycles. The Bertz CT molecular complexity index is 539. The molecular weight excluding hydrogens is 290 g/mol. The highest BCUT2D eigenvalue weighted by molar-refractivity contribution is 7.89. The molecule has 1 aliphatic rings. The number of nitrogens with two attached hydrogens (primary N) is 1. The Morgan fingerprint density at radius 1 is 1.38 bits per heavy atom. The quantitative estimate of drug-likeness (QED) is 0.767. The van der Waals surface area contributed by atoms with Crippen LogP contribution in [0.4, 0.5) is 5.69 Å². The zero-order valence-corrected chi connectivity index (χ0v) is 13.1. The number of hydrogen-bond acceptors (Lipinski definition) is 5. The second kappa shape index (κ2) is 7.22. The van der Waals surface area contributed by atoms with Gasteiger partial charge in [0.05, 0.1) is 11.5 Å². The van der Waals surface area contributed by atoms with Gasteiger partial charge < -0.3 is 15.0 Å². The van der Waals surface area contributed by atoms with Gasteiger partial charge in [-0.15, -0.1) is 0 Å². The molecule has 0 radical (unpaired) electrons. The summed E-state index contributed by atoms with van der Waals surface area (Å²) in [5.74, 6) is 0. The third-order valence-corrected chi connectivity index (χ3v) is 4.63. The molecule has 1 aromatic rings. The summed E-state index contributed by atoms with van der Waals surface area (Å²) in [4.78, 5) is 2.34. The molecule has 6 nitrogen and oxygen atoms in total. The highest BCUT2D eigenvalue weighted by Gasteiger charge is 2.18. The van der Waals surface area contributed by atoms with Crippen molar-refractivity contribution in [2.75, 3.05) is 38.3 Å². The van der Waals surface area contributed by atoms with Crippen molar-refractivity contribution in [3.8, 4) is 0 Å². The summed E-state index contributed by atoms with van der Waals surface area (Å²) in [5, 5.41) is 8.59. The van der Waals surface area contributed by atoms with E-state index in [9.17, 15) is 8.42 Å². The first-order valence-corrected chi connectivity index (χ1v) is 8.65. The average Bonchev–Trinajstić information content (AvgIpc) is 2.95. The van der Waals surface area contributed by atoms with E-state index < -0.39 is 10.0 Å². The van der Waals surface area contributed by atoms with Crippen LogP contribution in [0.3, 0.4) is 0 Å². The standard InChI is InChI=1S/C14H23N3O3S/c1-20-10-9-17(11-12-3-2-8-16-12)13-4-6-14(7-5-13)21(15,18)19/h4-7,12,16H,2-3,8-11H2,1H3,(H2,15,18,19). The van der Waals surface area contributed by atoms with E-state index >= 15 is 0 Å². The maximum atomic E-state index is 11.3. The van der Waals surface area contributed by atoms with Gasteiger partial charge in [-0.1, -0.05) is 0 Å². The summed E-state index contributed by atoms with van der Waals surface area (Å²) in [5.41, 5.74) is 0.980. The number of rotatable bonds is 7. The van der Waals surface area contributed by atoms with Crippen LogP contribution in [0, 0.1) is 0 Å². The number of hydrogen-bond donors (Lipinski definition) is 2. The normalized spacial score (nSPS) is 18.9. The topological polar surface area (TPSA) is 84.7 Å². The van der Waals surface area contributed by atoms with Gasteiger partial charge in [0.25, 0.3) is 0 Å². The molecule has 0 aromatic heterocycles. The number of nitrogens with zero attached hydrogens (tertiary/aromatic N) is 1. The Hall–Kier alpha value is -1.15. The number of anilines is 1. The predicted molar refractivity (Wildman–Crippen MR) is 82.9 cm³/mol. The van der Waals surface area contributed by atoms with Crippen LogP contribution in [0.1, 0.15) is 12.8 Å². The zero-order chi connectivity index (χ0) is 15.3. The molecule has 1 aliphatic heterocycles. The van der Waals surface area contributed by atoms with E-state index in [2.05, 4.69) is 10.2 Å². The van der Waals surface area contributed by atoms with Crippen LogP contribution < -0.4 is 15.4 Å². The number of benzene rings is 1. The molecule has 118 valence electrons. The van der Waals surface area contributed by atoms with E-state index in [0.717, 1.165) is 25.3 Å². The maximum absolute atomic E-state index is 11.3. The Kier molecular flexibility index (Phi) is 5.58. The van der Waals surface area contributed by atoms with Gasteiger partial charge >= 0.3 is 0 Å². The number of ether oxygens (including phenoxy) is 1. The fourth-order valence-electron chi connectivity index (χ4n) is 2.55. The Morgan fingerprint density at radius 3 is 2.62 bits per heavy atom. The molecule has 2 rings (SSSR count). The van der Waals surface area contributed by atoms with Gasteiger partial charge in [0, 0.05) is 31.9 Å². The van der Waals surface area contributed by atoms with E-state index in [1.165, 1.54) is 12.8 Å². The fourth-order valence-corrected chi connectivity index (χ4v) is 3.07. The number of primary sulfonamides is 1. The van der Waals surface area contributed by atoms with Crippen molar-refractivity contribution in [3.63, 3.8) is 0 Å². The van der Waals surface area contributed by atoms with Crippen LogP contribution >= 0.6 is 0 Å². The molecule has 7 heteroatoms. The minimum absolute atomic E-state index is 0.136. The summed E-state index contributed by atoms with van der Waals surface area (Å²) in [6.45, 7) is 3.35. The summed E-state index contributed by atoms with van der Waals surface area (Å²) in [6.07, 6.45) is 2.37. The molecule has 0 saturated carbocycles. The lowest BCUT2D eigenvalue weighted by atomic mass is 10.2. The molecule has 1 fully saturated rings. The Morgan fingerprint density at radius 2 is 2.10 bits per heavy atom. The lowest BCUT2D eigenvalue weighted by Gasteiger charge is -2.27. The summed E-state index contributed by atoms with van der Waals surface area (Å²) in [6, 6.07) is 7.16. The number of nitrogens with one attached hydrogen (secondary N) is 1. The van der Waals surface area contributed by atoms with E-state index in [-0.39, 0.29) is 4.90 Å². The first kappa shape index (κ1) is 16.2. The molecule has 3 N–H and O–H groups in total. The minimum Gasteiger partial charge on any atom is -0.383 e. The summed E-state index contributed by atoms with van der Waals surface area (Å²) >= 11 is 0. The largest absolute Gasteiger partial charge is 0.383 e. The van der Waals surface area contributed by atoms with Gasteiger partial charge in [-0.25, -0.2) is 13.6 Å². The van der Waals surface area contributed by atoms with Gasteiger partial charge in [0.2, 0.25) is 10.0 Å². The van der Waals surface area contributed by atoms with E-state index in [4.69, 9.17) is 9.88 Å². The highest BCUT2D eigenvalue weighted by atomic mass is 32.2. The van der Waals surface area contributed by atoms with Gasteiger partial charge in [-0.3, -0.25) is 0 Å². The number of sulfonamides is 1. The molecule has 1 heterocycles. The molecule has 0 spiro atoms. The predicted octanol–water partition coefficient (Wildman–Crippen LogP) is 0.539. The molecular formula is C14H23N3O3S. The molecule has 0 amide bonds. The van der Waals surface area contributed by atoms with Crippen LogP contribution in [0.2, 0.25) is 0 Å². The molecule has 0 aliphatic carbocycles. The highest BCUT2D eigenvalue weighted by Crippen LogP contribution is 2.19. The van der Waals surface area contributed by atoms with Gasteiger partial charge in [-0.05, 0) is 43.7 Å². The van der Waals surface area contributed by atoms with Gasteiger partial charge in [-0.2, -0.15) is 0 Å². The van der Waals surface area contributed by atoms with Crippen LogP contribution in [-0.2, 0) is 14.8 Å². The first-order valence-electron chi connectivity index (χ1n) is 7.11. The van der Waals surface area contributed by atoms with Crippen molar-refractivity contribution in [2.24, 2.45) is 5.14 Å². The third-order valence-electron chi connectivity index (χ3n) is 3.70. The summed E-state index contributed by atoms with van der Waals surface area (Å²) < 4.78 is 27.8. The molecule has 21 heavy (non-hydrogen) atoms. The minimum atomic E-state index is -3.64. The Balaban J connectivity index is 2.11. The first-order chi connectivity index (χ1) is 10.0. The SMILES string of the molecule is COCCN(CC1CCCN1)c1ccc(S(N)(=O)=O)cc1. The van der Waals surface area contributed by atoms with E-state index in [1.807, 2.05) is 0 Å². The molecule has 0 bridgehead atoms. The van der Waals surface area contributed by atoms with Crippen molar-refractivity contribution in [3.05, 3.63) is 24.3 Å². The molecule has 1 atom stereocenters. The average molecular weight is 313 g/mol. The van der Waals surface area contributed by atoms with E-state index in [1.54, 1.807) is 31.4 Å². The van der Waals surface area contributed by atoms with Crippen LogP contribution in [-0.4, -0.2) is 47.8 Å². The summed E-state index contributed by atoms with van der Waals surface area (Å²) in [7, 11) is -1.96. The zero-order valence-electron chi connectivity index (χ0n) is 12.3. The van der Waals surface area contributed by atoms with Crippen molar-refractivity contribution in [1.29, 1.82) is 0 Å². The van der Waals surface area contributed by atoms with Gasteiger partial charge in [0.15, 0.2) is 0 Å². The third kappa shape index (κ3) is 4.67. The Labute approximate surface area is 126 Å². The molecule has 1 unspecified atom stereocenters. The van der Waals surface area contributed by atoms with Gasteiger partial charge in [0.1, 0.15) is 0 Å². The van der Waals surface area contributed by atoms with Crippen molar-refractivity contribution < 1.29 is 13.2 Å².